The minimum absolute atomic E-state index is 0.128. The number of carbonyl (C=O) groups is 1. The van der Waals surface area contributed by atoms with Gasteiger partial charge in [-0.3, -0.25) is 9.36 Å². The van der Waals surface area contributed by atoms with E-state index in [4.69, 9.17) is 4.42 Å². The molecule has 24 heavy (non-hydrogen) atoms. The van der Waals surface area contributed by atoms with Crippen molar-refractivity contribution >= 4 is 17.0 Å². The molecule has 0 aliphatic carbocycles. The quantitative estimate of drug-likeness (QED) is 0.724. The van der Waals surface area contributed by atoms with Crippen LogP contribution in [-0.2, 0) is 17.9 Å². The van der Waals surface area contributed by atoms with Crippen LogP contribution in [0.25, 0.3) is 11.1 Å². The average molecular weight is 328 g/mol. The lowest BCUT2D eigenvalue weighted by molar-refractivity contribution is -0.130. The molecule has 3 rings (SSSR count). The van der Waals surface area contributed by atoms with Crippen molar-refractivity contribution in [3.8, 4) is 0 Å². The van der Waals surface area contributed by atoms with Gasteiger partial charge in [0.2, 0.25) is 5.91 Å². The number of halogens is 1. The predicted octanol–water partition coefficient (Wildman–Crippen LogP) is 2.78. The maximum Gasteiger partial charge on any atom is 0.419 e. The van der Waals surface area contributed by atoms with E-state index in [1.807, 2.05) is 6.07 Å². The molecule has 0 aliphatic rings. The highest BCUT2D eigenvalue weighted by atomic mass is 19.1. The summed E-state index contributed by atoms with van der Waals surface area (Å²) in [5.41, 5.74) is 1.89. The van der Waals surface area contributed by atoms with E-state index in [0.717, 1.165) is 5.56 Å². The van der Waals surface area contributed by atoms with Crippen LogP contribution < -0.4 is 5.76 Å². The molecule has 0 saturated carbocycles. The summed E-state index contributed by atoms with van der Waals surface area (Å²) >= 11 is 0. The second-order valence-electron chi connectivity index (χ2n) is 5.62. The van der Waals surface area contributed by atoms with Gasteiger partial charge in [-0.1, -0.05) is 24.3 Å². The molecule has 2 aromatic carbocycles. The van der Waals surface area contributed by atoms with E-state index in [1.54, 1.807) is 37.4 Å². The van der Waals surface area contributed by atoms with Gasteiger partial charge in [0.15, 0.2) is 5.58 Å². The molecule has 0 fully saturated rings. The van der Waals surface area contributed by atoms with Crippen molar-refractivity contribution in [2.45, 2.75) is 19.5 Å². The van der Waals surface area contributed by atoms with Crippen LogP contribution >= 0.6 is 0 Å². The highest BCUT2D eigenvalue weighted by molar-refractivity contribution is 5.76. The molecule has 6 heteroatoms. The highest BCUT2D eigenvalue weighted by Crippen LogP contribution is 2.13. The van der Waals surface area contributed by atoms with E-state index in [9.17, 15) is 14.0 Å². The van der Waals surface area contributed by atoms with Gasteiger partial charge in [-0.25, -0.2) is 9.18 Å². The Balaban J connectivity index is 1.66. The Hall–Kier alpha value is -2.89. The number of aromatic nitrogens is 1. The number of benzene rings is 2. The zero-order valence-electron chi connectivity index (χ0n) is 13.2. The molecule has 0 unspecified atom stereocenters. The van der Waals surface area contributed by atoms with Gasteiger partial charge < -0.3 is 9.32 Å². The van der Waals surface area contributed by atoms with E-state index in [-0.39, 0.29) is 24.7 Å². The summed E-state index contributed by atoms with van der Waals surface area (Å²) in [6.45, 7) is 0.555. The maximum atomic E-state index is 13.2. The van der Waals surface area contributed by atoms with Crippen molar-refractivity contribution in [1.29, 1.82) is 0 Å². The van der Waals surface area contributed by atoms with Crippen LogP contribution in [0, 0.1) is 5.82 Å². The molecule has 0 bridgehead atoms. The first-order valence-electron chi connectivity index (χ1n) is 7.61. The lowest BCUT2D eigenvalue weighted by Gasteiger charge is -2.17. The highest BCUT2D eigenvalue weighted by Gasteiger charge is 2.13. The molecular weight excluding hydrogens is 311 g/mol. The molecule has 0 radical (unpaired) electrons. The van der Waals surface area contributed by atoms with Crippen LogP contribution in [0.1, 0.15) is 12.0 Å². The summed E-state index contributed by atoms with van der Waals surface area (Å²) in [6.07, 6.45) is 0.162. The van der Waals surface area contributed by atoms with Gasteiger partial charge in [0.1, 0.15) is 5.82 Å². The van der Waals surface area contributed by atoms with Crippen LogP contribution in [0.5, 0.6) is 0 Å². The lowest BCUT2D eigenvalue weighted by atomic mass is 10.2. The molecule has 0 aliphatic heterocycles. The fourth-order valence-corrected chi connectivity index (χ4v) is 2.62. The SMILES string of the molecule is CN(Cc1cccc(F)c1)C(=O)CCn1c(=O)oc2ccccc21. The Labute approximate surface area is 137 Å². The number of rotatable bonds is 5. The Kier molecular flexibility index (Phi) is 4.46. The van der Waals surface area contributed by atoms with Crippen LogP contribution in [0.15, 0.2) is 57.7 Å². The minimum Gasteiger partial charge on any atom is -0.408 e. The zero-order valence-corrected chi connectivity index (χ0v) is 13.2. The Morgan fingerprint density at radius 1 is 1.21 bits per heavy atom. The van der Waals surface area contributed by atoms with Crippen molar-refractivity contribution in [1.82, 2.24) is 9.47 Å². The number of fused-ring (bicyclic) bond motifs is 1. The molecule has 0 saturated heterocycles. The Morgan fingerprint density at radius 3 is 2.79 bits per heavy atom. The minimum atomic E-state index is -0.475. The number of amides is 1. The summed E-state index contributed by atoms with van der Waals surface area (Å²) in [7, 11) is 1.66. The molecule has 1 heterocycles. The van der Waals surface area contributed by atoms with Gasteiger partial charge in [0.05, 0.1) is 5.52 Å². The molecule has 5 nitrogen and oxygen atoms in total. The third-order valence-electron chi connectivity index (χ3n) is 3.86. The van der Waals surface area contributed by atoms with Gasteiger partial charge in [-0.2, -0.15) is 0 Å². The molecule has 1 aromatic heterocycles. The molecule has 0 N–H and O–H groups in total. The van der Waals surface area contributed by atoms with Crippen molar-refractivity contribution in [3.05, 3.63) is 70.5 Å². The molecule has 3 aromatic rings. The predicted molar refractivity (Wildman–Crippen MR) is 88.0 cm³/mol. The monoisotopic (exact) mass is 328 g/mol. The summed E-state index contributed by atoms with van der Waals surface area (Å²) in [6, 6.07) is 13.2. The summed E-state index contributed by atoms with van der Waals surface area (Å²) in [4.78, 5) is 25.7. The Bertz CT molecular complexity index is 929. The summed E-state index contributed by atoms with van der Waals surface area (Å²) in [5.74, 6) is -0.932. The Morgan fingerprint density at radius 2 is 2.00 bits per heavy atom. The number of carbonyl (C=O) groups excluding carboxylic acids is 1. The van der Waals surface area contributed by atoms with Crippen LogP contribution in [0.3, 0.4) is 0 Å². The van der Waals surface area contributed by atoms with Gasteiger partial charge in [-0.15, -0.1) is 0 Å². The fraction of sp³-hybridized carbons (Fsp3) is 0.222. The topological polar surface area (TPSA) is 55.5 Å². The van der Waals surface area contributed by atoms with E-state index in [1.165, 1.54) is 21.6 Å². The van der Waals surface area contributed by atoms with E-state index < -0.39 is 5.76 Å². The van der Waals surface area contributed by atoms with Gasteiger partial charge in [0, 0.05) is 26.6 Å². The van der Waals surface area contributed by atoms with Crippen LogP contribution in [0.4, 0.5) is 4.39 Å². The molecule has 1 amide bonds. The van der Waals surface area contributed by atoms with Crippen molar-refractivity contribution < 1.29 is 13.6 Å². The maximum absolute atomic E-state index is 13.2. The first-order chi connectivity index (χ1) is 11.5. The molecular formula is C18H17FN2O3. The molecule has 124 valence electrons. The summed E-state index contributed by atoms with van der Waals surface area (Å²) in [5, 5.41) is 0. The standard InChI is InChI=1S/C18H17FN2O3/c1-20(12-13-5-4-6-14(19)11-13)17(22)9-10-21-15-7-2-3-8-16(15)24-18(21)23/h2-8,11H,9-10,12H2,1H3. The first kappa shape index (κ1) is 16.0. The van der Waals surface area contributed by atoms with E-state index >= 15 is 0 Å². The van der Waals surface area contributed by atoms with Gasteiger partial charge in [-0.05, 0) is 29.8 Å². The number of aryl methyl sites for hydroxylation is 1. The van der Waals surface area contributed by atoms with Gasteiger partial charge >= 0.3 is 5.76 Å². The third kappa shape index (κ3) is 3.37. The largest absolute Gasteiger partial charge is 0.419 e. The third-order valence-corrected chi connectivity index (χ3v) is 3.86. The number of oxazole rings is 1. The average Bonchev–Trinajstić information content (AvgIpc) is 2.88. The second kappa shape index (κ2) is 6.70. The van der Waals surface area contributed by atoms with Crippen molar-refractivity contribution in [2.75, 3.05) is 7.05 Å². The normalized spacial score (nSPS) is 10.9. The van der Waals surface area contributed by atoms with Gasteiger partial charge in [0.25, 0.3) is 0 Å². The second-order valence-corrected chi connectivity index (χ2v) is 5.62. The smallest absolute Gasteiger partial charge is 0.408 e. The number of para-hydroxylation sites is 2. The molecule has 0 atom stereocenters. The van der Waals surface area contributed by atoms with Crippen LogP contribution in [-0.4, -0.2) is 22.4 Å². The lowest BCUT2D eigenvalue weighted by Crippen LogP contribution is -2.28. The van der Waals surface area contributed by atoms with Crippen molar-refractivity contribution in [3.63, 3.8) is 0 Å². The van der Waals surface area contributed by atoms with Crippen LogP contribution in [0.2, 0.25) is 0 Å². The van der Waals surface area contributed by atoms with Crippen molar-refractivity contribution in [2.24, 2.45) is 0 Å². The first-order valence-corrected chi connectivity index (χ1v) is 7.61. The number of hydrogen-bond donors (Lipinski definition) is 0. The zero-order chi connectivity index (χ0) is 17.1. The number of hydrogen-bond acceptors (Lipinski definition) is 3. The molecule has 0 spiro atoms. The number of nitrogens with zero attached hydrogens (tertiary/aromatic N) is 2. The summed E-state index contributed by atoms with van der Waals surface area (Å²) < 4.78 is 19.8. The van der Waals surface area contributed by atoms with E-state index in [2.05, 4.69) is 0 Å². The fourth-order valence-electron chi connectivity index (χ4n) is 2.62. The van der Waals surface area contributed by atoms with E-state index in [0.29, 0.717) is 17.6 Å².